The maximum atomic E-state index is 13.9. The minimum atomic E-state index is -1.65. The zero-order valence-electron chi connectivity index (χ0n) is 24.2. The van der Waals surface area contributed by atoms with Crippen molar-refractivity contribution in [1.29, 1.82) is 0 Å². The Bertz CT molecular complexity index is 1460. The lowest BCUT2D eigenvalue weighted by Gasteiger charge is -2.32. The molecule has 42 heavy (non-hydrogen) atoms. The van der Waals surface area contributed by atoms with Crippen molar-refractivity contribution in [1.82, 2.24) is 24.9 Å². The molecule has 1 aliphatic heterocycles. The van der Waals surface area contributed by atoms with E-state index in [0.717, 1.165) is 16.7 Å². The van der Waals surface area contributed by atoms with Crippen LogP contribution in [-0.4, -0.2) is 71.8 Å². The van der Waals surface area contributed by atoms with Crippen LogP contribution in [0.3, 0.4) is 0 Å². The van der Waals surface area contributed by atoms with Crippen LogP contribution in [0.2, 0.25) is 5.15 Å². The van der Waals surface area contributed by atoms with E-state index in [-0.39, 0.29) is 34.3 Å². The Kier molecular flexibility index (Phi) is 10.1. The molecular weight excluding hydrogens is 574 g/mol. The third-order valence-corrected chi connectivity index (χ3v) is 9.10. The lowest BCUT2D eigenvalue weighted by Crippen LogP contribution is -2.56. The highest BCUT2D eigenvalue weighted by atomic mass is 35.5. The summed E-state index contributed by atoms with van der Waals surface area (Å²) in [7, 11) is 1.62. The molecule has 3 aromatic rings. The monoisotopic (exact) mass is 609 g/mol. The van der Waals surface area contributed by atoms with E-state index in [1.165, 1.54) is 27.4 Å². The van der Waals surface area contributed by atoms with Crippen molar-refractivity contribution in [3.63, 3.8) is 0 Å². The Hall–Kier alpha value is -3.60. The van der Waals surface area contributed by atoms with Gasteiger partial charge in [-0.25, -0.2) is 0 Å². The number of amides is 3. The SMILES string of the molecule is C=C[C@H]1C(=O)N(Cc2ccccc2C)C(C)SCN1C(=O)[C@@H](O)[C@H](Cc1ccccc1)NC(=O)c1c(C)nn(C)c1Cl. The number of aliphatic hydroxyl groups excluding tert-OH is 1. The maximum Gasteiger partial charge on any atom is 0.256 e. The number of aryl methyl sites for hydroxylation is 3. The minimum Gasteiger partial charge on any atom is -0.381 e. The van der Waals surface area contributed by atoms with Crippen LogP contribution in [0.25, 0.3) is 0 Å². The molecule has 4 atom stereocenters. The number of nitrogens with one attached hydrogen (secondary N) is 1. The van der Waals surface area contributed by atoms with E-state index in [2.05, 4.69) is 17.0 Å². The number of thioether (sulfide) groups is 1. The molecule has 1 fully saturated rings. The lowest BCUT2D eigenvalue weighted by atomic mass is 9.99. The van der Waals surface area contributed by atoms with Crippen LogP contribution in [0.4, 0.5) is 0 Å². The molecule has 2 aromatic carbocycles. The molecule has 0 radical (unpaired) electrons. The highest BCUT2D eigenvalue weighted by Crippen LogP contribution is 2.28. The summed E-state index contributed by atoms with van der Waals surface area (Å²) in [5, 5.41) is 18.4. The number of nitrogens with zero attached hydrogens (tertiary/aromatic N) is 4. The molecule has 2 heterocycles. The fraction of sp³-hybridized carbons (Fsp3) is 0.355. The van der Waals surface area contributed by atoms with Gasteiger partial charge in [0.2, 0.25) is 0 Å². The third-order valence-electron chi connectivity index (χ3n) is 7.50. The molecule has 0 saturated carbocycles. The Morgan fingerprint density at radius 2 is 1.86 bits per heavy atom. The number of halogens is 1. The predicted molar refractivity (Wildman–Crippen MR) is 165 cm³/mol. The normalized spacial score (nSPS) is 18.8. The van der Waals surface area contributed by atoms with Crippen LogP contribution in [0.5, 0.6) is 0 Å². The van der Waals surface area contributed by atoms with Gasteiger partial charge in [0.15, 0.2) is 6.10 Å². The molecule has 9 nitrogen and oxygen atoms in total. The van der Waals surface area contributed by atoms with Crippen molar-refractivity contribution in [2.24, 2.45) is 7.05 Å². The number of hydrogen-bond acceptors (Lipinski definition) is 6. The van der Waals surface area contributed by atoms with Gasteiger partial charge in [0.25, 0.3) is 17.7 Å². The number of carbonyl (C=O) groups is 3. The van der Waals surface area contributed by atoms with Crippen LogP contribution < -0.4 is 5.32 Å². The van der Waals surface area contributed by atoms with E-state index in [1.807, 2.05) is 68.4 Å². The number of carbonyl (C=O) groups excluding carboxylic acids is 3. The smallest absolute Gasteiger partial charge is 0.256 e. The van der Waals surface area contributed by atoms with Crippen molar-refractivity contribution in [2.75, 3.05) is 5.88 Å². The zero-order chi connectivity index (χ0) is 30.6. The molecule has 11 heteroatoms. The Morgan fingerprint density at radius 3 is 2.48 bits per heavy atom. The molecule has 4 rings (SSSR count). The summed E-state index contributed by atoms with van der Waals surface area (Å²) < 4.78 is 1.39. The summed E-state index contributed by atoms with van der Waals surface area (Å²) >= 11 is 7.75. The van der Waals surface area contributed by atoms with Crippen LogP contribution >= 0.6 is 23.4 Å². The Morgan fingerprint density at radius 1 is 1.19 bits per heavy atom. The van der Waals surface area contributed by atoms with E-state index in [4.69, 9.17) is 11.6 Å². The number of aliphatic hydroxyl groups is 1. The average molecular weight is 610 g/mol. The second kappa shape index (κ2) is 13.6. The third kappa shape index (κ3) is 6.72. The first-order valence-electron chi connectivity index (χ1n) is 13.6. The van der Waals surface area contributed by atoms with Gasteiger partial charge in [0.1, 0.15) is 11.2 Å². The zero-order valence-corrected chi connectivity index (χ0v) is 25.7. The van der Waals surface area contributed by atoms with Gasteiger partial charge in [0, 0.05) is 13.6 Å². The molecule has 3 amide bonds. The number of aromatic nitrogens is 2. The number of hydrogen-bond donors (Lipinski definition) is 2. The lowest BCUT2D eigenvalue weighted by molar-refractivity contribution is -0.148. The van der Waals surface area contributed by atoms with E-state index in [9.17, 15) is 19.5 Å². The summed E-state index contributed by atoms with van der Waals surface area (Å²) in [6, 6.07) is 15.1. The van der Waals surface area contributed by atoms with Crippen molar-refractivity contribution in [3.05, 3.63) is 100 Å². The largest absolute Gasteiger partial charge is 0.381 e. The fourth-order valence-corrected chi connectivity index (χ4v) is 6.31. The minimum absolute atomic E-state index is 0.147. The molecule has 0 bridgehead atoms. The molecule has 0 spiro atoms. The predicted octanol–water partition coefficient (Wildman–Crippen LogP) is 3.85. The first-order valence-corrected chi connectivity index (χ1v) is 15.1. The van der Waals surface area contributed by atoms with Crippen LogP contribution in [0.15, 0.2) is 67.3 Å². The Balaban J connectivity index is 1.60. The van der Waals surface area contributed by atoms with E-state index < -0.39 is 30.0 Å². The van der Waals surface area contributed by atoms with Crippen LogP contribution in [0.1, 0.15) is 39.7 Å². The topological polar surface area (TPSA) is 108 Å². The highest BCUT2D eigenvalue weighted by Gasteiger charge is 2.41. The molecule has 1 unspecified atom stereocenters. The summed E-state index contributed by atoms with van der Waals surface area (Å²) in [5.41, 5.74) is 3.47. The summed E-state index contributed by atoms with van der Waals surface area (Å²) in [6.07, 6.45) is -0.0566. The summed E-state index contributed by atoms with van der Waals surface area (Å²) in [6.45, 7) is 9.80. The molecule has 1 aromatic heterocycles. The molecule has 222 valence electrons. The molecule has 0 aliphatic carbocycles. The fourth-order valence-electron chi connectivity index (χ4n) is 5.03. The summed E-state index contributed by atoms with van der Waals surface area (Å²) in [4.78, 5) is 44.2. The number of benzene rings is 2. The second-order valence-electron chi connectivity index (χ2n) is 10.4. The van der Waals surface area contributed by atoms with Crippen molar-refractivity contribution in [3.8, 4) is 0 Å². The highest BCUT2D eigenvalue weighted by molar-refractivity contribution is 7.99. The quantitative estimate of drug-likeness (QED) is 0.357. The van der Waals surface area contributed by atoms with E-state index in [1.54, 1.807) is 18.9 Å². The van der Waals surface area contributed by atoms with Gasteiger partial charge in [-0.15, -0.1) is 18.3 Å². The molecular formula is C31H36ClN5O4S. The van der Waals surface area contributed by atoms with Crippen molar-refractivity contribution >= 4 is 41.1 Å². The van der Waals surface area contributed by atoms with Crippen molar-refractivity contribution < 1.29 is 19.5 Å². The standard InChI is InChI=1S/C31H36ClN5O4S/c1-6-25-30(40)36(17-23-15-11-10-12-19(23)2)21(4)42-18-37(25)31(41)27(38)24(16-22-13-8-7-9-14-22)33-29(39)26-20(3)34-35(5)28(26)32/h6-15,21,24-25,27,38H,1,16-18H2,2-5H3,(H,33,39)/t21?,24-,25-,27-/m0/s1. The second-order valence-corrected chi connectivity index (χ2v) is 12.0. The first kappa shape index (κ1) is 31.3. The first-order chi connectivity index (χ1) is 20.0. The van der Waals surface area contributed by atoms with Gasteiger partial charge < -0.3 is 20.2 Å². The number of rotatable bonds is 9. The van der Waals surface area contributed by atoms with Crippen LogP contribution in [-0.2, 0) is 29.6 Å². The molecule has 2 N–H and O–H groups in total. The summed E-state index contributed by atoms with van der Waals surface area (Å²) in [5.74, 6) is -1.37. The van der Waals surface area contributed by atoms with Gasteiger partial charge in [-0.3, -0.25) is 19.1 Å². The molecule has 1 aliphatic rings. The van der Waals surface area contributed by atoms with E-state index >= 15 is 0 Å². The van der Waals surface area contributed by atoms with Gasteiger partial charge in [-0.1, -0.05) is 72.3 Å². The van der Waals surface area contributed by atoms with Gasteiger partial charge >= 0.3 is 0 Å². The van der Waals surface area contributed by atoms with E-state index in [0.29, 0.717) is 12.2 Å². The Labute approximate surface area is 255 Å². The van der Waals surface area contributed by atoms with Gasteiger partial charge in [-0.2, -0.15) is 5.10 Å². The molecule has 1 saturated heterocycles. The van der Waals surface area contributed by atoms with Gasteiger partial charge in [0.05, 0.1) is 28.5 Å². The van der Waals surface area contributed by atoms with Crippen LogP contribution in [0, 0.1) is 13.8 Å². The van der Waals surface area contributed by atoms with Crippen molar-refractivity contribution in [2.45, 2.75) is 57.3 Å². The average Bonchev–Trinajstić information content (AvgIpc) is 3.16. The van der Waals surface area contributed by atoms with Gasteiger partial charge in [-0.05, 0) is 43.9 Å². The maximum absolute atomic E-state index is 13.9.